The van der Waals surface area contributed by atoms with Crippen LogP contribution in [0.25, 0.3) is 27.5 Å². The maximum absolute atomic E-state index is 10.4. The van der Waals surface area contributed by atoms with Gasteiger partial charge in [0.05, 0.1) is 59.1 Å². The molecule has 10 nitrogen and oxygen atoms in total. The van der Waals surface area contributed by atoms with E-state index in [0.717, 1.165) is 64.2 Å². The fourth-order valence-corrected chi connectivity index (χ4v) is 6.62. The summed E-state index contributed by atoms with van der Waals surface area (Å²) >= 11 is 1.56. The highest BCUT2D eigenvalue weighted by Crippen LogP contribution is 2.42. The predicted molar refractivity (Wildman–Crippen MR) is 139 cm³/mol. The molecule has 3 aliphatic rings. The molecule has 1 saturated carbocycles. The Bertz CT molecular complexity index is 1520. The van der Waals surface area contributed by atoms with Crippen LogP contribution in [0.4, 0.5) is 10.8 Å². The number of piperidine rings is 1. The second kappa shape index (κ2) is 8.48. The molecule has 11 heteroatoms. The van der Waals surface area contributed by atoms with E-state index in [-0.39, 0.29) is 11.6 Å². The topological polar surface area (TPSA) is 124 Å². The van der Waals surface area contributed by atoms with E-state index in [2.05, 4.69) is 38.5 Å². The van der Waals surface area contributed by atoms with E-state index >= 15 is 0 Å². The Labute approximate surface area is 217 Å². The van der Waals surface area contributed by atoms with Crippen LogP contribution in [0.5, 0.6) is 0 Å². The van der Waals surface area contributed by atoms with Crippen molar-refractivity contribution in [2.45, 2.75) is 31.4 Å². The number of nitrogens with one attached hydrogen (secondary N) is 1. The van der Waals surface area contributed by atoms with Crippen LogP contribution < -0.4 is 10.2 Å². The lowest BCUT2D eigenvalue weighted by atomic mass is 9.96. The van der Waals surface area contributed by atoms with Crippen LogP contribution in [0.1, 0.15) is 25.3 Å². The Balaban J connectivity index is 1.25. The van der Waals surface area contributed by atoms with Gasteiger partial charge >= 0.3 is 0 Å². The molecule has 2 N–H and O–H groups in total. The number of aliphatic hydroxyl groups is 1. The zero-order valence-corrected chi connectivity index (χ0v) is 21.1. The average Bonchev–Trinajstić information content (AvgIpc) is 3.58. The van der Waals surface area contributed by atoms with Gasteiger partial charge < -0.3 is 20.1 Å². The first-order valence-electron chi connectivity index (χ1n) is 12.5. The fraction of sp³-hybridized carbons (Fsp3) is 0.423. The van der Waals surface area contributed by atoms with Crippen LogP contribution in [0.3, 0.4) is 0 Å². The van der Waals surface area contributed by atoms with Crippen molar-refractivity contribution in [3.8, 4) is 28.0 Å². The number of aliphatic hydroxyl groups excluding tert-OH is 1. The molecule has 0 aromatic carbocycles. The lowest BCUT2D eigenvalue weighted by Gasteiger charge is -2.40. The summed E-state index contributed by atoms with van der Waals surface area (Å²) in [5.41, 5.74) is 4.58. The van der Waals surface area contributed by atoms with Crippen molar-refractivity contribution in [1.82, 2.24) is 24.8 Å². The molecule has 7 rings (SSSR count). The minimum absolute atomic E-state index is 0.176. The molecule has 37 heavy (non-hydrogen) atoms. The Morgan fingerprint density at radius 1 is 1.16 bits per heavy atom. The SMILES string of the molecule is CC1(Nc2cc(-c3ccc4cc(C#N)cnn34)ncc2-c2nnc(N3C[C@H]4CC[C@@H](C3)[C@@H]4O)s2)COC1. The lowest BCUT2D eigenvalue weighted by molar-refractivity contribution is -0.0318. The number of anilines is 2. The molecule has 4 aromatic rings. The number of fused-ring (bicyclic) bond motifs is 3. The van der Waals surface area contributed by atoms with Gasteiger partial charge in [0.2, 0.25) is 5.13 Å². The van der Waals surface area contributed by atoms with Crippen LogP contribution in [0, 0.1) is 23.2 Å². The quantitative estimate of drug-likeness (QED) is 0.413. The molecule has 2 aliphatic heterocycles. The van der Waals surface area contributed by atoms with Crippen LogP contribution in [0.2, 0.25) is 0 Å². The normalized spacial score (nSPS) is 24.1. The highest BCUT2D eigenvalue weighted by molar-refractivity contribution is 7.18. The van der Waals surface area contributed by atoms with Crippen LogP contribution in [0.15, 0.2) is 36.7 Å². The summed E-state index contributed by atoms with van der Waals surface area (Å²) in [7, 11) is 0. The molecule has 0 unspecified atom stereocenters. The number of rotatable bonds is 5. The number of hydrogen-bond donors (Lipinski definition) is 2. The van der Waals surface area contributed by atoms with Gasteiger partial charge in [0.15, 0.2) is 5.01 Å². The summed E-state index contributed by atoms with van der Waals surface area (Å²) in [6, 6.07) is 9.88. The summed E-state index contributed by atoms with van der Waals surface area (Å²) in [4.78, 5) is 7.06. The molecule has 1 aliphatic carbocycles. The zero-order chi connectivity index (χ0) is 25.1. The van der Waals surface area contributed by atoms with Gasteiger partial charge in [-0.3, -0.25) is 4.98 Å². The van der Waals surface area contributed by atoms with Crippen molar-refractivity contribution in [3.05, 3.63) is 42.2 Å². The zero-order valence-electron chi connectivity index (χ0n) is 20.3. The van der Waals surface area contributed by atoms with Crippen LogP contribution in [-0.4, -0.2) is 67.8 Å². The summed E-state index contributed by atoms with van der Waals surface area (Å²) in [5, 5.41) is 38.5. The summed E-state index contributed by atoms with van der Waals surface area (Å²) in [6.45, 7) is 5.03. The monoisotopic (exact) mass is 514 g/mol. The van der Waals surface area contributed by atoms with Crippen molar-refractivity contribution in [2.24, 2.45) is 11.8 Å². The van der Waals surface area contributed by atoms with Gasteiger partial charge in [0, 0.05) is 36.8 Å². The number of aromatic nitrogens is 5. The Morgan fingerprint density at radius 2 is 1.97 bits per heavy atom. The van der Waals surface area contributed by atoms with Crippen molar-refractivity contribution < 1.29 is 9.84 Å². The molecule has 6 heterocycles. The fourth-order valence-electron chi connectivity index (χ4n) is 5.73. The van der Waals surface area contributed by atoms with E-state index < -0.39 is 0 Å². The molecule has 3 atom stereocenters. The van der Waals surface area contributed by atoms with Crippen LogP contribution >= 0.6 is 11.3 Å². The number of nitriles is 1. The molecule has 188 valence electrons. The summed E-state index contributed by atoms with van der Waals surface area (Å²) in [5.74, 6) is 0.634. The second-order valence-electron chi connectivity index (χ2n) is 10.6. The first kappa shape index (κ1) is 22.6. The summed E-state index contributed by atoms with van der Waals surface area (Å²) < 4.78 is 7.28. The average molecular weight is 515 g/mol. The van der Waals surface area contributed by atoms with Crippen LogP contribution in [-0.2, 0) is 4.74 Å². The highest BCUT2D eigenvalue weighted by atomic mass is 32.1. The molecule has 0 amide bonds. The minimum Gasteiger partial charge on any atom is -0.392 e. The molecule has 4 aromatic heterocycles. The van der Waals surface area contributed by atoms with Gasteiger partial charge in [-0.05, 0) is 44.0 Å². The van der Waals surface area contributed by atoms with Gasteiger partial charge in [-0.25, -0.2) is 4.52 Å². The van der Waals surface area contributed by atoms with E-state index in [9.17, 15) is 10.4 Å². The van der Waals surface area contributed by atoms with Gasteiger partial charge in [0.25, 0.3) is 0 Å². The second-order valence-corrected chi connectivity index (χ2v) is 11.5. The maximum atomic E-state index is 10.4. The predicted octanol–water partition coefficient (Wildman–Crippen LogP) is 3.19. The molecule has 0 spiro atoms. The molecule has 3 fully saturated rings. The molecule has 2 saturated heterocycles. The highest BCUT2D eigenvalue weighted by Gasteiger charge is 2.42. The first-order chi connectivity index (χ1) is 18.0. The Morgan fingerprint density at radius 3 is 2.70 bits per heavy atom. The van der Waals surface area contributed by atoms with Crippen molar-refractivity contribution in [3.63, 3.8) is 0 Å². The molecular formula is C26H26N8O2S. The third-order valence-electron chi connectivity index (χ3n) is 7.77. The van der Waals surface area contributed by atoms with E-state index in [1.807, 2.05) is 30.5 Å². The number of hydrogen-bond acceptors (Lipinski definition) is 10. The maximum Gasteiger partial charge on any atom is 0.208 e. The van der Waals surface area contributed by atoms with Crippen molar-refractivity contribution in [2.75, 3.05) is 36.5 Å². The van der Waals surface area contributed by atoms with E-state index in [4.69, 9.17) is 9.72 Å². The molecule has 2 bridgehead atoms. The van der Waals surface area contributed by atoms with Crippen molar-refractivity contribution in [1.29, 1.82) is 5.26 Å². The third-order valence-corrected chi connectivity index (χ3v) is 8.79. The number of nitrogens with zero attached hydrogens (tertiary/aromatic N) is 7. The number of ether oxygens (including phenoxy) is 1. The van der Waals surface area contributed by atoms with Crippen molar-refractivity contribution >= 4 is 27.7 Å². The van der Waals surface area contributed by atoms with Gasteiger partial charge in [-0.2, -0.15) is 10.4 Å². The largest absolute Gasteiger partial charge is 0.392 e. The first-order valence-corrected chi connectivity index (χ1v) is 13.3. The Kier molecular flexibility index (Phi) is 5.18. The van der Waals surface area contributed by atoms with Gasteiger partial charge in [0.1, 0.15) is 6.07 Å². The van der Waals surface area contributed by atoms with E-state index in [0.29, 0.717) is 30.6 Å². The lowest BCUT2D eigenvalue weighted by Crippen LogP contribution is -2.53. The van der Waals surface area contributed by atoms with Gasteiger partial charge in [-0.15, -0.1) is 10.2 Å². The van der Waals surface area contributed by atoms with E-state index in [1.165, 1.54) is 0 Å². The Hall–Kier alpha value is -3.59. The molecular weight excluding hydrogens is 488 g/mol. The standard InChI is InChI=1S/C26H26N8O2S/c1-26(13-36-14-26)30-20-7-21(22-5-4-18-6-15(8-27)9-29-34(18)22)28-10-19(20)24-31-32-25(37-24)33-11-16-2-3-17(12-33)23(16)35/h4-7,9-10,16-17,23,35H,2-3,11-14H2,1H3,(H,28,30)/t16-,17+,23-. The minimum atomic E-state index is -0.187. The molecule has 0 radical (unpaired) electrons. The van der Waals surface area contributed by atoms with Gasteiger partial charge in [-0.1, -0.05) is 11.3 Å². The number of pyridine rings is 1. The third kappa shape index (κ3) is 3.83. The summed E-state index contributed by atoms with van der Waals surface area (Å²) in [6.07, 6.45) is 5.38. The smallest absolute Gasteiger partial charge is 0.208 e. The van der Waals surface area contributed by atoms with E-state index in [1.54, 1.807) is 22.0 Å².